The van der Waals surface area contributed by atoms with Gasteiger partial charge in [-0.1, -0.05) is 29.5 Å². The molecule has 194 valence electrons. The standard InChI is InChI=1S/C26H28N4O5S2/c1-34-17-15-29(16-18-35-2)37(32,33)22-12-10-20(11-13-22)25(31)30(19-21-7-5-6-14-27-21)26-28-23-8-3-4-9-24(23)36-26/h3-14H,15-19H2,1-2H3. The molecule has 9 nitrogen and oxygen atoms in total. The van der Waals surface area contributed by atoms with Crippen LogP contribution in [-0.4, -0.2) is 69.1 Å². The molecule has 2 aromatic heterocycles. The quantitative estimate of drug-likeness (QED) is 0.269. The molecule has 0 fully saturated rings. The number of pyridine rings is 1. The van der Waals surface area contributed by atoms with Gasteiger partial charge in [0.2, 0.25) is 10.0 Å². The molecule has 0 aliphatic carbocycles. The lowest BCUT2D eigenvalue weighted by Crippen LogP contribution is -2.36. The van der Waals surface area contributed by atoms with Crippen LogP contribution in [-0.2, 0) is 26.0 Å². The molecule has 0 aliphatic rings. The first-order chi connectivity index (χ1) is 17.9. The highest BCUT2D eigenvalue weighted by atomic mass is 32.2. The molecule has 0 saturated heterocycles. The molecule has 0 radical (unpaired) electrons. The lowest BCUT2D eigenvalue weighted by atomic mass is 10.2. The fourth-order valence-corrected chi connectivity index (χ4v) is 6.04. The van der Waals surface area contributed by atoms with Crippen molar-refractivity contribution in [2.45, 2.75) is 11.4 Å². The molecule has 2 heterocycles. The van der Waals surface area contributed by atoms with Crippen LogP contribution in [0.2, 0.25) is 0 Å². The Bertz CT molecular complexity index is 1390. The van der Waals surface area contributed by atoms with Gasteiger partial charge in [0.25, 0.3) is 5.91 Å². The lowest BCUT2D eigenvalue weighted by Gasteiger charge is -2.22. The van der Waals surface area contributed by atoms with Crippen molar-refractivity contribution in [2.75, 3.05) is 45.4 Å². The SMILES string of the molecule is COCCN(CCOC)S(=O)(=O)c1ccc(C(=O)N(Cc2ccccn2)c2nc3ccccc3s2)cc1. The van der Waals surface area contributed by atoms with Gasteiger partial charge in [-0.25, -0.2) is 13.4 Å². The maximum absolute atomic E-state index is 13.7. The van der Waals surface area contributed by atoms with E-state index in [0.717, 1.165) is 10.2 Å². The first kappa shape index (κ1) is 26.8. The molecule has 1 amide bonds. The van der Waals surface area contributed by atoms with Gasteiger partial charge in [0.05, 0.1) is 40.6 Å². The molecule has 0 saturated carbocycles. The Kier molecular flexibility index (Phi) is 8.95. The first-order valence-corrected chi connectivity index (χ1v) is 13.8. The monoisotopic (exact) mass is 540 g/mol. The molecule has 0 unspecified atom stereocenters. The molecule has 0 spiro atoms. The van der Waals surface area contributed by atoms with Crippen molar-refractivity contribution in [1.82, 2.24) is 14.3 Å². The van der Waals surface area contributed by atoms with Gasteiger partial charge in [-0.2, -0.15) is 4.31 Å². The number of sulfonamides is 1. The summed E-state index contributed by atoms with van der Waals surface area (Å²) < 4.78 is 38.9. The molecule has 37 heavy (non-hydrogen) atoms. The lowest BCUT2D eigenvalue weighted by molar-refractivity contribution is 0.0984. The van der Waals surface area contributed by atoms with Gasteiger partial charge in [0.15, 0.2) is 5.13 Å². The van der Waals surface area contributed by atoms with E-state index in [2.05, 4.69) is 9.97 Å². The van der Waals surface area contributed by atoms with Crippen LogP contribution in [0.4, 0.5) is 5.13 Å². The van der Waals surface area contributed by atoms with E-state index in [1.165, 1.54) is 54.1 Å². The maximum atomic E-state index is 13.7. The van der Waals surface area contributed by atoms with Crippen LogP contribution in [0.15, 0.2) is 77.8 Å². The van der Waals surface area contributed by atoms with E-state index in [4.69, 9.17) is 9.47 Å². The molecule has 2 aromatic carbocycles. The number of carbonyl (C=O) groups excluding carboxylic acids is 1. The number of methoxy groups -OCH3 is 2. The third kappa shape index (κ3) is 6.38. The van der Waals surface area contributed by atoms with Gasteiger partial charge in [0, 0.05) is 39.1 Å². The van der Waals surface area contributed by atoms with Crippen molar-refractivity contribution in [1.29, 1.82) is 0 Å². The van der Waals surface area contributed by atoms with Gasteiger partial charge in [-0.15, -0.1) is 0 Å². The second-order valence-electron chi connectivity index (χ2n) is 8.09. The second kappa shape index (κ2) is 12.3. The number of ether oxygens (including phenoxy) is 2. The van der Waals surface area contributed by atoms with Crippen molar-refractivity contribution in [2.24, 2.45) is 0 Å². The van der Waals surface area contributed by atoms with Crippen LogP contribution in [0, 0.1) is 0 Å². The molecule has 0 aliphatic heterocycles. The molecular weight excluding hydrogens is 512 g/mol. The van der Waals surface area contributed by atoms with Gasteiger partial charge in [-0.3, -0.25) is 14.7 Å². The molecule has 4 rings (SSSR count). The highest BCUT2D eigenvalue weighted by Gasteiger charge is 2.26. The zero-order valence-corrected chi connectivity index (χ0v) is 22.2. The Morgan fingerprint density at radius 2 is 1.59 bits per heavy atom. The Labute approximate surface area is 220 Å². The molecular formula is C26H28N4O5S2. The fraction of sp³-hybridized carbons (Fsp3) is 0.269. The van der Waals surface area contributed by atoms with Crippen LogP contribution in [0.25, 0.3) is 10.2 Å². The van der Waals surface area contributed by atoms with E-state index in [9.17, 15) is 13.2 Å². The largest absolute Gasteiger partial charge is 0.383 e. The number of benzene rings is 2. The maximum Gasteiger partial charge on any atom is 0.260 e. The van der Waals surface area contributed by atoms with E-state index in [0.29, 0.717) is 16.4 Å². The average molecular weight is 541 g/mol. The summed E-state index contributed by atoms with van der Waals surface area (Å²) in [5.74, 6) is -0.302. The summed E-state index contributed by atoms with van der Waals surface area (Å²) in [5, 5.41) is 0.541. The summed E-state index contributed by atoms with van der Waals surface area (Å²) in [7, 11) is -0.763. The Morgan fingerprint density at radius 1 is 0.919 bits per heavy atom. The van der Waals surface area contributed by atoms with Crippen LogP contribution in [0.3, 0.4) is 0 Å². The second-order valence-corrected chi connectivity index (χ2v) is 11.0. The number of carbonyl (C=O) groups is 1. The predicted molar refractivity (Wildman–Crippen MR) is 143 cm³/mol. The van der Waals surface area contributed by atoms with E-state index in [-0.39, 0.29) is 43.7 Å². The fourth-order valence-electron chi connectivity index (χ4n) is 3.67. The molecule has 4 aromatic rings. The van der Waals surface area contributed by atoms with E-state index in [1.807, 2.05) is 42.5 Å². The number of anilines is 1. The van der Waals surface area contributed by atoms with Crippen LogP contribution in [0.1, 0.15) is 16.1 Å². The zero-order valence-electron chi connectivity index (χ0n) is 20.6. The highest BCUT2D eigenvalue weighted by molar-refractivity contribution is 7.89. The molecule has 11 heteroatoms. The zero-order chi connectivity index (χ0) is 26.3. The van der Waals surface area contributed by atoms with Crippen LogP contribution >= 0.6 is 11.3 Å². The van der Waals surface area contributed by atoms with Crippen molar-refractivity contribution in [3.05, 3.63) is 84.2 Å². The summed E-state index contributed by atoms with van der Waals surface area (Å²) in [4.78, 5) is 24.4. The minimum atomic E-state index is -3.80. The number of rotatable bonds is 12. The van der Waals surface area contributed by atoms with Gasteiger partial charge in [-0.05, 0) is 48.5 Å². The normalized spacial score (nSPS) is 11.8. The number of thiazole rings is 1. The summed E-state index contributed by atoms with van der Waals surface area (Å²) in [5.41, 5.74) is 1.85. The summed E-state index contributed by atoms with van der Waals surface area (Å²) in [6.07, 6.45) is 1.68. The predicted octanol–water partition coefficient (Wildman–Crippen LogP) is 3.82. The first-order valence-electron chi connectivity index (χ1n) is 11.6. The van der Waals surface area contributed by atoms with Gasteiger partial charge < -0.3 is 9.47 Å². The summed E-state index contributed by atoms with van der Waals surface area (Å²) >= 11 is 1.41. The molecule has 0 N–H and O–H groups in total. The van der Waals surface area contributed by atoms with Crippen molar-refractivity contribution >= 4 is 42.6 Å². The van der Waals surface area contributed by atoms with E-state index < -0.39 is 10.0 Å². The Hall–Kier alpha value is -3.22. The third-order valence-corrected chi connectivity index (χ3v) is 8.61. The third-order valence-electron chi connectivity index (χ3n) is 5.63. The van der Waals surface area contributed by atoms with Gasteiger partial charge >= 0.3 is 0 Å². The number of nitrogens with zero attached hydrogens (tertiary/aromatic N) is 4. The highest BCUT2D eigenvalue weighted by Crippen LogP contribution is 2.30. The number of hydrogen-bond donors (Lipinski definition) is 0. The van der Waals surface area contributed by atoms with E-state index in [1.54, 1.807) is 11.1 Å². The number of para-hydroxylation sites is 1. The Balaban J connectivity index is 1.63. The van der Waals surface area contributed by atoms with Crippen molar-refractivity contribution in [3.8, 4) is 0 Å². The minimum Gasteiger partial charge on any atom is -0.383 e. The number of amides is 1. The summed E-state index contributed by atoms with van der Waals surface area (Å²) in [6, 6.07) is 19.2. The van der Waals surface area contributed by atoms with Crippen LogP contribution in [0.5, 0.6) is 0 Å². The van der Waals surface area contributed by atoms with Gasteiger partial charge in [0.1, 0.15) is 0 Å². The smallest absolute Gasteiger partial charge is 0.260 e. The Morgan fingerprint density at radius 3 is 2.22 bits per heavy atom. The average Bonchev–Trinajstić information content (AvgIpc) is 3.36. The minimum absolute atomic E-state index is 0.0903. The molecule has 0 bridgehead atoms. The summed E-state index contributed by atoms with van der Waals surface area (Å²) in [6.45, 7) is 1.12. The van der Waals surface area contributed by atoms with Crippen LogP contribution < -0.4 is 4.90 Å². The van der Waals surface area contributed by atoms with Crippen molar-refractivity contribution < 1.29 is 22.7 Å². The van der Waals surface area contributed by atoms with E-state index >= 15 is 0 Å². The topological polar surface area (TPSA) is 102 Å². The number of fused-ring (bicyclic) bond motifs is 1. The van der Waals surface area contributed by atoms with Crippen molar-refractivity contribution in [3.63, 3.8) is 0 Å². The number of hydrogen-bond acceptors (Lipinski definition) is 8. The number of aromatic nitrogens is 2. The molecule has 0 atom stereocenters.